The van der Waals surface area contributed by atoms with Gasteiger partial charge in [0.15, 0.2) is 0 Å². The van der Waals surface area contributed by atoms with Gasteiger partial charge in [0.2, 0.25) is 12.3 Å². The van der Waals surface area contributed by atoms with Crippen LogP contribution in [-0.2, 0) is 9.59 Å². The summed E-state index contributed by atoms with van der Waals surface area (Å²) < 4.78 is 13.0. The summed E-state index contributed by atoms with van der Waals surface area (Å²) in [5.74, 6) is 0.357. The molecule has 2 aliphatic carbocycles. The van der Waals surface area contributed by atoms with E-state index >= 15 is 0 Å². The Morgan fingerprint density at radius 3 is 2.20 bits per heavy atom. The van der Waals surface area contributed by atoms with Crippen LogP contribution >= 0.6 is 0 Å². The summed E-state index contributed by atoms with van der Waals surface area (Å²) in [4.78, 5) is 28.9. The first-order chi connectivity index (χ1) is 16.4. The number of hydrogen-bond donors (Lipinski definition) is 0. The fourth-order valence-corrected chi connectivity index (χ4v) is 5.96. The Balaban J connectivity index is 0.000000224. The van der Waals surface area contributed by atoms with Crippen molar-refractivity contribution in [1.82, 2.24) is 14.7 Å². The zero-order chi connectivity index (χ0) is 24.6. The molecule has 5 rings (SSSR count). The largest absolute Gasteiger partial charge is 0.340 e. The van der Waals surface area contributed by atoms with Crippen molar-refractivity contribution in [1.29, 1.82) is 0 Å². The first kappa shape index (κ1) is 29.3. The number of halogens is 1. The molecule has 3 heterocycles. The van der Waals surface area contributed by atoms with Crippen LogP contribution in [0.1, 0.15) is 84.5 Å². The normalized spacial score (nSPS) is 30.5. The maximum atomic E-state index is 13.0. The molecule has 5 aliphatic rings. The number of likely N-dealkylation sites (tertiary alicyclic amines) is 1. The van der Waals surface area contributed by atoms with Crippen LogP contribution in [0.3, 0.4) is 0 Å². The molecule has 1 unspecified atom stereocenters. The smallest absolute Gasteiger partial charge is 0.222 e. The van der Waals surface area contributed by atoms with Crippen molar-refractivity contribution in [2.24, 2.45) is 0 Å². The van der Waals surface area contributed by atoms with Crippen LogP contribution in [-0.4, -0.2) is 77.0 Å². The van der Waals surface area contributed by atoms with Gasteiger partial charge < -0.3 is 14.7 Å². The van der Waals surface area contributed by atoms with Gasteiger partial charge in [-0.1, -0.05) is 44.9 Å². The average Bonchev–Trinajstić information content (AvgIpc) is 3.25. The Hall–Kier alpha value is -1.95. The average molecular weight is 490 g/mol. The summed E-state index contributed by atoms with van der Waals surface area (Å²) in [6, 6.07) is 1.42. The van der Waals surface area contributed by atoms with Gasteiger partial charge in [-0.05, 0) is 77.7 Å². The van der Waals surface area contributed by atoms with Crippen molar-refractivity contribution in [2.75, 3.05) is 20.1 Å². The lowest BCUT2D eigenvalue weighted by molar-refractivity contribution is -0.133. The van der Waals surface area contributed by atoms with Crippen LogP contribution in [0.4, 0.5) is 4.39 Å². The van der Waals surface area contributed by atoms with E-state index in [4.69, 9.17) is 0 Å². The fourth-order valence-electron chi connectivity index (χ4n) is 5.96. The number of fused-ring (bicyclic) bond motifs is 1. The van der Waals surface area contributed by atoms with Gasteiger partial charge in [-0.3, -0.25) is 9.59 Å². The third kappa shape index (κ3) is 7.77. The summed E-state index contributed by atoms with van der Waals surface area (Å²) in [6.45, 7) is 8.88. The highest BCUT2D eigenvalue weighted by atomic mass is 19.1. The number of carbonyl (C=O) groups excluding carboxylic acids is 2. The topological polar surface area (TPSA) is 43.9 Å². The van der Waals surface area contributed by atoms with Crippen molar-refractivity contribution < 1.29 is 14.0 Å². The minimum absolute atomic E-state index is 0. The molecule has 0 aromatic carbocycles. The van der Waals surface area contributed by atoms with E-state index in [0.717, 1.165) is 51.6 Å². The molecule has 2 saturated carbocycles. The Morgan fingerprint density at radius 1 is 0.971 bits per heavy atom. The van der Waals surface area contributed by atoms with Gasteiger partial charge in [-0.25, -0.2) is 4.39 Å². The molecule has 35 heavy (non-hydrogen) atoms. The van der Waals surface area contributed by atoms with Crippen LogP contribution in [0.25, 0.3) is 0 Å². The second-order valence-corrected chi connectivity index (χ2v) is 10.5. The lowest BCUT2D eigenvalue weighted by Gasteiger charge is -2.44. The summed E-state index contributed by atoms with van der Waals surface area (Å²) >= 11 is 0. The lowest BCUT2D eigenvalue weighted by Crippen LogP contribution is -2.51. The molecule has 198 valence electrons. The zero-order valence-electron chi connectivity index (χ0n) is 21.0. The molecule has 0 N–H and O–H groups in total. The molecule has 6 heteroatoms. The van der Waals surface area contributed by atoms with Gasteiger partial charge >= 0.3 is 0 Å². The third-order valence-corrected chi connectivity index (χ3v) is 8.37. The van der Waals surface area contributed by atoms with Gasteiger partial charge in [-0.2, -0.15) is 0 Å². The summed E-state index contributed by atoms with van der Waals surface area (Å²) in [7, 11) is 2.16. The molecule has 2 atom stereocenters. The molecule has 0 aromatic rings. The second kappa shape index (κ2) is 14.0. The molecular formula is C29H48FN3O2. The molecule has 0 aromatic heterocycles. The number of allylic oxidation sites excluding steroid dienone is 4. The predicted octanol–water partition coefficient (Wildman–Crippen LogP) is 5.67. The Kier molecular flexibility index (Phi) is 11.7. The van der Waals surface area contributed by atoms with E-state index < -0.39 is 6.17 Å². The van der Waals surface area contributed by atoms with Crippen molar-refractivity contribution in [3.8, 4) is 0 Å². The van der Waals surface area contributed by atoms with E-state index in [1.165, 1.54) is 25.7 Å². The predicted molar refractivity (Wildman–Crippen MR) is 143 cm³/mol. The fraction of sp³-hybridized carbons (Fsp3) is 0.724. The first-order valence-corrected chi connectivity index (χ1v) is 13.2. The molecule has 5 fully saturated rings. The number of nitrogens with zero attached hydrogens (tertiary/aromatic N) is 3. The summed E-state index contributed by atoms with van der Waals surface area (Å²) in [5.41, 5.74) is 0.377. The van der Waals surface area contributed by atoms with Crippen LogP contribution in [0.2, 0.25) is 0 Å². The molecule has 5 nitrogen and oxygen atoms in total. The van der Waals surface area contributed by atoms with Gasteiger partial charge in [-0.15, -0.1) is 0 Å². The van der Waals surface area contributed by atoms with E-state index in [1.54, 1.807) is 12.2 Å². The second-order valence-electron chi connectivity index (χ2n) is 10.5. The molecular weight excluding hydrogens is 441 g/mol. The van der Waals surface area contributed by atoms with Crippen molar-refractivity contribution in [2.45, 2.75) is 114 Å². The Morgan fingerprint density at radius 2 is 1.66 bits per heavy atom. The van der Waals surface area contributed by atoms with Gasteiger partial charge in [0.1, 0.15) is 6.17 Å². The zero-order valence-corrected chi connectivity index (χ0v) is 21.0. The van der Waals surface area contributed by atoms with E-state index in [9.17, 15) is 14.0 Å². The maximum absolute atomic E-state index is 13.0. The highest BCUT2D eigenvalue weighted by Crippen LogP contribution is 2.48. The number of amides is 2. The van der Waals surface area contributed by atoms with Gasteiger partial charge in [0, 0.05) is 43.2 Å². The van der Waals surface area contributed by atoms with Crippen molar-refractivity contribution in [3.63, 3.8) is 0 Å². The quantitative estimate of drug-likeness (QED) is 0.369. The van der Waals surface area contributed by atoms with Crippen LogP contribution in [0.5, 0.6) is 0 Å². The SMILES string of the molecule is C.C=C/C=C\C=C.CN(C1CC(F)C1)C1CCCC(=O)N2CCC[C@@H]2C1.O=CN1CCCC12CC2. The Bertz CT molecular complexity index is 719. The molecule has 2 amide bonds. The summed E-state index contributed by atoms with van der Waals surface area (Å²) in [6.07, 6.45) is 20.1. The van der Waals surface area contributed by atoms with Crippen LogP contribution in [0, 0.1) is 0 Å². The van der Waals surface area contributed by atoms with Crippen LogP contribution < -0.4 is 0 Å². The Labute approximate surface area is 213 Å². The van der Waals surface area contributed by atoms with E-state index in [-0.39, 0.29) is 7.43 Å². The van der Waals surface area contributed by atoms with Crippen molar-refractivity contribution in [3.05, 3.63) is 37.5 Å². The highest BCUT2D eigenvalue weighted by molar-refractivity contribution is 5.76. The first-order valence-electron chi connectivity index (χ1n) is 13.2. The van der Waals surface area contributed by atoms with Gasteiger partial charge in [0.25, 0.3) is 0 Å². The minimum Gasteiger partial charge on any atom is -0.340 e. The molecule has 0 radical (unpaired) electrons. The van der Waals surface area contributed by atoms with E-state index in [1.807, 2.05) is 17.1 Å². The van der Waals surface area contributed by atoms with Gasteiger partial charge in [0.05, 0.1) is 0 Å². The number of alkyl halides is 1. The molecule has 3 saturated heterocycles. The summed E-state index contributed by atoms with van der Waals surface area (Å²) in [5, 5.41) is 0. The number of carbonyl (C=O) groups is 2. The van der Waals surface area contributed by atoms with Crippen molar-refractivity contribution >= 4 is 12.3 Å². The molecule has 1 spiro atoms. The highest BCUT2D eigenvalue weighted by Gasteiger charge is 2.50. The van der Waals surface area contributed by atoms with Crippen LogP contribution in [0.15, 0.2) is 37.5 Å². The minimum atomic E-state index is -0.578. The van der Waals surface area contributed by atoms with E-state index in [2.05, 4.69) is 30.0 Å². The monoisotopic (exact) mass is 489 g/mol. The lowest BCUT2D eigenvalue weighted by atomic mass is 9.86. The maximum Gasteiger partial charge on any atom is 0.222 e. The number of hydrogen-bond acceptors (Lipinski definition) is 3. The molecule has 3 aliphatic heterocycles. The third-order valence-electron chi connectivity index (χ3n) is 8.37. The standard InChI is InChI=1S/C15H25FN2O.C7H11NO.C6H8.CH4/c1-17(14-8-11(16)9-14)12-4-2-6-15(19)18-7-3-5-13(18)10-12;9-6-8-5-1-2-7(8)3-4-7;1-3-5-6-4-2;/h11-14H,2-10H2,1H3;6H,1-5H2;3-6H,1-2H2;1H4/b;;6-5-;/t11?,12?,13-,14?;;;/m1.../s1. The number of rotatable bonds is 5. The van der Waals surface area contributed by atoms with E-state index in [0.29, 0.717) is 48.8 Å². The molecule has 0 bridgehead atoms.